The minimum Gasteiger partial charge on any atom is -0.424 e. The van der Waals surface area contributed by atoms with Crippen molar-refractivity contribution in [1.82, 2.24) is 19.9 Å². The molecule has 2 N–H and O–H groups in total. The Balaban J connectivity index is 1.02. The van der Waals surface area contributed by atoms with E-state index in [2.05, 4.69) is 25.6 Å². The molecule has 2 heterocycles. The fourth-order valence-corrected chi connectivity index (χ4v) is 6.37. The Hall–Kier alpha value is -6.55. The summed E-state index contributed by atoms with van der Waals surface area (Å²) in [6.07, 6.45) is 1.66. The number of ether oxygens (including phenoxy) is 2. The Morgan fingerprint density at radius 1 is 0.608 bits per heavy atom. The minimum absolute atomic E-state index is 0.0809. The van der Waals surface area contributed by atoms with Gasteiger partial charge in [-0.2, -0.15) is 9.97 Å². The highest BCUT2D eigenvalue weighted by atomic mass is 16.5. The van der Waals surface area contributed by atoms with Gasteiger partial charge in [-0.3, -0.25) is 14.5 Å². The first-order valence-corrected chi connectivity index (χ1v) is 17.0. The van der Waals surface area contributed by atoms with Crippen molar-refractivity contribution in [3.05, 3.63) is 126 Å². The summed E-state index contributed by atoms with van der Waals surface area (Å²) >= 11 is 0. The summed E-state index contributed by atoms with van der Waals surface area (Å²) in [6.45, 7) is 3.37. The molecule has 51 heavy (non-hydrogen) atoms. The first-order chi connectivity index (χ1) is 25.0. The van der Waals surface area contributed by atoms with E-state index in [0.717, 1.165) is 45.5 Å². The van der Waals surface area contributed by atoms with Gasteiger partial charge in [0, 0.05) is 47.2 Å². The van der Waals surface area contributed by atoms with Gasteiger partial charge in [0.25, 0.3) is 11.8 Å². The Labute approximate surface area is 294 Å². The molecule has 1 aliphatic heterocycles. The van der Waals surface area contributed by atoms with Crippen LogP contribution in [0.1, 0.15) is 40.5 Å². The molecule has 6 aromatic carbocycles. The second kappa shape index (κ2) is 13.8. The van der Waals surface area contributed by atoms with Crippen LogP contribution in [-0.4, -0.2) is 51.3 Å². The van der Waals surface area contributed by atoms with Gasteiger partial charge >= 0.3 is 12.0 Å². The summed E-state index contributed by atoms with van der Waals surface area (Å²) in [5.41, 5.74) is 1.91. The van der Waals surface area contributed by atoms with Crippen LogP contribution in [0, 0.1) is 0 Å². The number of carbonyl (C=O) groups excluding carboxylic acids is 2. The van der Waals surface area contributed by atoms with E-state index in [1.54, 1.807) is 12.1 Å². The zero-order chi connectivity index (χ0) is 34.7. The fourth-order valence-electron chi connectivity index (χ4n) is 6.37. The van der Waals surface area contributed by atoms with Crippen LogP contribution in [0.2, 0.25) is 0 Å². The van der Waals surface area contributed by atoms with Crippen molar-refractivity contribution in [2.24, 2.45) is 0 Å². The lowest BCUT2D eigenvalue weighted by Gasteiger charge is -2.27. The van der Waals surface area contributed by atoms with Gasteiger partial charge < -0.3 is 20.1 Å². The predicted octanol–water partition coefficient (Wildman–Crippen LogP) is 8.84. The SMILES string of the molecule is CCCCN1C(=O)c2cccc3c(NCCNc4nc(Oc5ccc6ccccc6c5)nc(Oc5ccc6ccccc6c5)n4)ccc(c23)C1=O. The molecule has 0 bridgehead atoms. The molecule has 1 aliphatic rings. The van der Waals surface area contributed by atoms with Gasteiger partial charge in [0.1, 0.15) is 11.5 Å². The first-order valence-electron chi connectivity index (χ1n) is 17.0. The van der Waals surface area contributed by atoms with E-state index in [0.29, 0.717) is 47.6 Å². The number of imide groups is 1. The van der Waals surface area contributed by atoms with Gasteiger partial charge in [-0.25, -0.2) is 0 Å². The third-order valence-corrected chi connectivity index (χ3v) is 8.91. The average Bonchev–Trinajstić information content (AvgIpc) is 3.15. The van der Waals surface area contributed by atoms with Crippen LogP contribution >= 0.6 is 0 Å². The van der Waals surface area contributed by atoms with Crippen LogP contribution in [0.3, 0.4) is 0 Å². The summed E-state index contributed by atoms with van der Waals surface area (Å²) in [4.78, 5) is 41.5. The lowest BCUT2D eigenvalue weighted by atomic mass is 9.93. The van der Waals surface area contributed by atoms with E-state index in [9.17, 15) is 9.59 Å². The number of fused-ring (bicyclic) bond motifs is 2. The van der Waals surface area contributed by atoms with E-state index < -0.39 is 0 Å². The van der Waals surface area contributed by atoms with E-state index in [1.165, 1.54) is 4.90 Å². The van der Waals surface area contributed by atoms with Crippen LogP contribution in [0.25, 0.3) is 32.3 Å². The number of rotatable bonds is 12. The molecule has 10 nitrogen and oxygen atoms in total. The summed E-state index contributed by atoms with van der Waals surface area (Å²) in [7, 11) is 0. The second-order valence-electron chi connectivity index (χ2n) is 12.3. The lowest BCUT2D eigenvalue weighted by Crippen LogP contribution is -2.40. The Bertz CT molecular complexity index is 2330. The summed E-state index contributed by atoms with van der Waals surface area (Å²) in [5, 5.41) is 12.5. The molecular formula is C41H34N6O4. The molecule has 0 saturated carbocycles. The number of unbranched alkanes of at least 4 members (excludes halogenated alkanes) is 1. The Kier molecular flexibility index (Phi) is 8.55. The molecular weight excluding hydrogens is 640 g/mol. The Morgan fingerprint density at radius 3 is 1.82 bits per heavy atom. The van der Waals surface area contributed by atoms with Gasteiger partial charge in [0.05, 0.1) is 0 Å². The monoisotopic (exact) mass is 674 g/mol. The number of hydrogen-bond acceptors (Lipinski definition) is 9. The number of benzene rings is 6. The Morgan fingerprint density at radius 2 is 1.20 bits per heavy atom. The van der Waals surface area contributed by atoms with Crippen LogP contribution in [-0.2, 0) is 0 Å². The summed E-state index contributed by atoms with van der Waals surface area (Å²) < 4.78 is 12.3. The number of nitrogens with zero attached hydrogens (tertiary/aromatic N) is 4. The standard InChI is InChI=1S/C41H34N6O4/c1-2-3-23-47-37(48)33-14-8-13-32-35(20-19-34(36(32)33)38(47)49)42-21-22-43-39-44-40(50-30-17-15-26-9-4-6-11-28(26)24-30)46-41(45-39)51-31-18-16-27-10-5-7-12-29(27)25-31/h4-20,24-25,42H,2-3,21-23H2,1H3,(H,43,44,45,46). The van der Waals surface area contributed by atoms with E-state index in [1.807, 2.05) is 110 Å². The maximum absolute atomic E-state index is 13.3. The zero-order valence-electron chi connectivity index (χ0n) is 27.9. The molecule has 8 rings (SSSR count). The van der Waals surface area contributed by atoms with Crippen molar-refractivity contribution in [2.75, 3.05) is 30.3 Å². The van der Waals surface area contributed by atoms with Gasteiger partial charge in [-0.1, -0.05) is 86.1 Å². The van der Waals surface area contributed by atoms with Crippen LogP contribution in [0.5, 0.6) is 23.5 Å². The molecule has 0 atom stereocenters. The number of nitrogens with one attached hydrogen (secondary N) is 2. The van der Waals surface area contributed by atoms with Crippen molar-refractivity contribution in [3.63, 3.8) is 0 Å². The summed E-state index contributed by atoms with van der Waals surface area (Å²) in [6, 6.07) is 37.1. The maximum atomic E-state index is 13.3. The molecule has 0 saturated heterocycles. The molecule has 0 fully saturated rings. The molecule has 0 spiro atoms. The molecule has 1 aromatic heterocycles. The largest absolute Gasteiger partial charge is 0.424 e. The highest BCUT2D eigenvalue weighted by Crippen LogP contribution is 2.35. The number of amides is 2. The predicted molar refractivity (Wildman–Crippen MR) is 199 cm³/mol. The minimum atomic E-state index is -0.247. The van der Waals surface area contributed by atoms with Crippen LogP contribution < -0.4 is 20.1 Å². The molecule has 2 amide bonds. The molecule has 10 heteroatoms. The lowest BCUT2D eigenvalue weighted by molar-refractivity contribution is 0.0608. The van der Waals surface area contributed by atoms with Crippen LogP contribution in [0.15, 0.2) is 115 Å². The quantitative estimate of drug-likeness (QED) is 0.0968. The highest BCUT2D eigenvalue weighted by molar-refractivity contribution is 6.26. The number of hydrogen-bond donors (Lipinski definition) is 2. The maximum Gasteiger partial charge on any atom is 0.330 e. The number of aromatic nitrogens is 3. The zero-order valence-corrected chi connectivity index (χ0v) is 27.9. The second-order valence-corrected chi connectivity index (χ2v) is 12.3. The van der Waals surface area contributed by atoms with Gasteiger partial charge in [0.15, 0.2) is 0 Å². The van der Waals surface area contributed by atoms with Gasteiger partial charge in [-0.15, -0.1) is 4.98 Å². The topological polar surface area (TPSA) is 119 Å². The van der Waals surface area contributed by atoms with Crippen molar-refractivity contribution in [3.8, 4) is 23.5 Å². The van der Waals surface area contributed by atoms with Crippen LogP contribution in [0.4, 0.5) is 11.6 Å². The number of carbonyl (C=O) groups is 2. The van der Waals surface area contributed by atoms with E-state index in [4.69, 9.17) is 9.47 Å². The van der Waals surface area contributed by atoms with Gasteiger partial charge in [-0.05, 0) is 70.4 Å². The van der Waals surface area contributed by atoms with Crippen molar-refractivity contribution in [1.29, 1.82) is 0 Å². The normalized spacial score (nSPS) is 12.5. The highest BCUT2D eigenvalue weighted by Gasteiger charge is 2.32. The fraction of sp³-hybridized carbons (Fsp3) is 0.146. The van der Waals surface area contributed by atoms with Crippen molar-refractivity contribution >= 4 is 55.8 Å². The molecule has 0 unspecified atom stereocenters. The van der Waals surface area contributed by atoms with Gasteiger partial charge in [0.2, 0.25) is 5.95 Å². The first kappa shape index (κ1) is 31.7. The molecule has 252 valence electrons. The number of anilines is 2. The third kappa shape index (κ3) is 6.47. The third-order valence-electron chi connectivity index (χ3n) is 8.91. The molecule has 0 aliphatic carbocycles. The van der Waals surface area contributed by atoms with E-state index >= 15 is 0 Å². The van der Waals surface area contributed by atoms with E-state index in [-0.39, 0.29) is 29.8 Å². The summed E-state index contributed by atoms with van der Waals surface area (Å²) in [5.74, 6) is 0.945. The van der Waals surface area contributed by atoms with Crippen molar-refractivity contribution in [2.45, 2.75) is 19.8 Å². The molecule has 0 radical (unpaired) electrons. The molecule has 7 aromatic rings. The smallest absolute Gasteiger partial charge is 0.330 e. The van der Waals surface area contributed by atoms with Crippen molar-refractivity contribution < 1.29 is 19.1 Å². The average molecular weight is 675 g/mol.